The van der Waals surface area contributed by atoms with E-state index < -0.39 is 11.9 Å². The molecule has 1 heterocycles. The van der Waals surface area contributed by atoms with Crippen molar-refractivity contribution < 1.29 is 14.4 Å². The first kappa shape index (κ1) is 23.4. The molecule has 156 valence electrons. The van der Waals surface area contributed by atoms with Gasteiger partial charge in [0.05, 0.1) is 0 Å². The fraction of sp³-hybridized carbons (Fsp3) is 0.857. The van der Waals surface area contributed by atoms with Crippen LogP contribution in [0, 0.1) is 5.92 Å². The normalized spacial score (nSPS) is 18.1. The standard InChI is InChI=1S/C21H39N3O3/c1-3-4-5-6-7-8-9-12-20(26)23-18(13-14-19(22)25)21(27)24-15-10-11-17(2)16-24/h17-18H,3-16H2,1-2H3,(H2,22,25)(H,23,26)/t17-,18-/m0/s1. The summed E-state index contributed by atoms with van der Waals surface area (Å²) in [6, 6.07) is -0.639. The molecule has 0 aromatic heterocycles. The Labute approximate surface area is 164 Å². The maximum atomic E-state index is 12.8. The van der Waals surface area contributed by atoms with Gasteiger partial charge in [0.1, 0.15) is 6.04 Å². The third kappa shape index (κ3) is 10.4. The Morgan fingerprint density at radius 1 is 1.07 bits per heavy atom. The number of likely N-dealkylation sites (tertiary alicyclic amines) is 1. The van der Waals surface area contributed by atoms with Crippen LogP contribution in [0.2, 0.25) is 0 Å². The first-order valence-corrected chi connectivity index (χ1v) is 10.8. The Hall–Kier alpha value is -1.59. The number of amides is 3. The minimum absolute atomic E-state index is 0.0734. The Bertz CT molecular complexity index is 468. The van der Waals surface area contributed by atoms with Crippen LogP contribution in [0.15, 0.2) is 0 Å². The molecule has 1 saturated heterocycles. The van der Waals surface area contributed by atoms with Gasteiger partial charge in [-0.15, -0.1) is 0 Å². The van der Waals surface area contributed by atoms with Crippen molar-refractivity contribution in [2.75, 3.05) is 13.1 Å². The van der Waals surface area contributed by atoms with E-state index in [4.69, 9.17) is 5.73 Å². The van der Waals surface area contributed by atoms with E-state index >= 15 is 0 Å². The number of unbranched alkanes of at least 4 members (excludes halogenated alkanes) is 6. The predicted octanol–water partition coefficient (Wildman–Crippen LogP) is 3.14. The minimum Gasteiger partial charge on any atom is -0.370 e. The maximum absolute atomic E-state index is 12.8. The first-order valence-electron chi connectivity index (χ1n) is 10.8. The molecular formula is C21H39N3O3. The summed E-state index contributed by atoms with van der Waals surface area (Å²) < 4.78 is 0. The maximum Gasteiger partial charge on any atom is 0.245 e. The van der Waals surface area contributed by atoms with Crippen LogP contribution >= 0.6 is 0 Å². The number of carbonyl (C=O) groups excluding carboxylic acids is 3. The van der Waals surface area contributed by atoms with E-state index in [9.17, 15) is 14.4 Å². The molecule has 1 rings (SSSR count). The van der Waals surface area contributed by atoms with Gasteiger partial charge in [-0.2, -0.15) is 0 Å². The molecule has 1 fully saturated rings. The zero-order valence-electron chi connectivity index (χ0n) is 17.3. The summed E-state index contributed by atoms with van der Waals surface area (Å²) in [4.78, 5) is 38.1. The van der Waals surface area contributed by atoms with Gasteiger partial charge in [0.15, 0.2) is 0 Å². The number of piperidine rings is 1. The minimum atomic E-state index is -0.639. The molecule has 0 saturated carbocycles. The van der Waals surface area contributed by atoms with Gasteiger partial charge >= 0.3 is 0 Å². The van der Waals surface area contributed by atoms with Gasteiger partial charge in [-0.1, -0.05) is 52.4 Å². The highest BCUT2D eigenvalue weighted by Gasteiger charge is 2.28. The van der Waals surface area contributed by atoms with Crippen molar-refractivity contribution in [2.45, 2.75) is 96.9 Å². The molecule has 6 heteroatoms. The van der Waals surface area contributed by atoms with Crippen molar-refractivity contribution >= 4 is 17.7 Å². The average Bonchev–Trinajstić information content (AvgIpc) is 2.63. The Morgan fingerprint density at radius 3 is 2.37 bits per heavy atom. The molecule has 0 spiro atoms. The van der Waals surface area contributed by atoms with Crippen LogP contribution in [-0.2, 0) is 14.4 Å². The van der Waals surface area contributed by atoms with E-state index in [1.54, 1.807) is 0 Å². The summed E-state index contributed by atoms with van der Waals surface area (Å²) >= 11 is 0. The number of nitrogens with one attached hydrogen (secondary N) is 1. The summed E-state index contributed by atoms with van der Waals surface area (Å²) in [6.45, 7) is 5.78. The predicted molar refractivity (Wildman–Crippen MR) is 108 cm³/mol. The number of hydrogen-bond donors (Lipinski definition) is 2. The number of nitrogens with zero attached hydrogens (tertiary/aromatic N) is 1. The van der Waals surface area contributed by atoms with Crippen LogP contribution in [0.5, 0.6) is 0 Å². The monoisotopic (exact) mass is 381 g/mol. The van der Waals surface area contributed by atoms with Crippen LogP contribution in [-0.4, -0.2) is 41.8 Å². The first-order chi connectivity index (χ1) is 12.9. The van der Waals surface area contributed by atoms with Gasteiger partial charge in [-0.25, -0.2) is 0 Å². The molecular weight excluding hydrogens is 342 g/mol. The van der Waals surface area contributed by atoms with Crippen molar-refractivity contribution in [1.29, 1.82) is 0 Å². The highest BCUT2D eigenvalue weighted by Crippen LogP contribution is 2.17. The lowest BCUT2D eigenvalue weighted by Crippen LogP contribution is -2.51. The molecule has 0 radical (unpaired) electrons. The largest absolute Gasteiger partial charge is 0.370 e. The number of rotatable bonds is 13. The summed E-state index contributed by atoms with van der Waals surface area (Å²) in [5.41, 5.74) is 5.24. The van der Waals surface area contributed by atoms with E-state index in [-0.39, 0.29) is 24.7 Å². The molecule has 6 nitrogen and oxygen atoms in total. The van der Waals surface area contributed by atoms with E-state index in [0.717, 1.165) is 45.2 Å². The second-order valence-electron chi connectivity index (χ2n) is 8.03. The third-order valence-electron chi connectivity index (χ3n) is 5.29. The zero-order chi connectivity index (χ0) is 20.1. The zero-order valence-corrected chi connectivity index (χ0v) is 17.3. The van der Waals surface area contributed by atoms with Gasteiger partial charge in [0, 0.05) is 25.9 Å². The molecule has 0 aliphatic carbocycles. The van der Waals surface area contributed by atoms with E-state index in [2.05, 4.69) is 19.2 Å². The SMILES string of the molecule is CCCCCCCCCC(=O)N[C@@H](CCC(N)=O)C(=O)N1CCC[C@H](C)C1. The van der Waals surface area contributed by atoms with Crippen LogP contribution < -0.4 is 11.1 Å². The molecule has 1 aliphatic rings. The highest BCUT2D eigenvalue weighted by molar-refractivity contribution is 5.88. The second kappa shape index (κ2) is 13.6. The Kier molecular flexibility index (Phi) is 11.8. The smallest absolute Gasteiger partial charge is 0.245 e. The summed E-state index contributed by atoms with van der Waals surface area (Å²) in [6.07, 6.45) is 11.0. The van der Waals surface area contributed by atoms with Gasteiger partial charge < -0.3 is 16.0 Å². The van der Waals surface area contributed by atoms with Gasteiger partial charge in [-0.05, 0) is 31.6 Å². The molecule has 0 aromatic rings. The molecule has 1 aliphatic heterocycles. The Morgan fingerprint density at radius 2 is 1.74 bits per heavy atom. The fourth-order valence-corrected chi connectivity index (χ4v) is 3.66. The summed E-state index contributed by atoms with van der Waals surface area (Å²) in [5.74, 6) is -0.142. The quantitative estimate of drug-likeness (QED) is 0.480. The lowest BCUT2D eigenvalue weighted by molar-refractivity contribution is -0.138. The second-order valence-corrected chi connectivity index (χ2v) is 8.03. The molecule has 3 N–H and O–H groups in total. The van der Waals surface area contributed by atoms with Crippen LogP contribution in [0.4, 0.5) is 0 Å². The average molecular weight is 382 g/mol. The van der Waals surface area contributed by atoms with E-state index in [0.29, 0.717) is 12.3 Å². The number of carbonyl (C=O) groups is 3. The summed E-state index contributed by atoms with van der Waals surface area (Å²) in [7, 11) is 0. The molecule has 0 bridgehead atoms. The van der Waals surface area contributed by atoms with Crippen molar-refractivity contribution in [3.8, 4) is 0 Å². The van der Waals surface area contributed by atoms with E-state index in [1.807, 2.05) is 4.90 Å². The van der Waals surface area contributed by atoms with Crippen molar-refractivity contribution in [2.24, 2.45) is 11.7 Å². The van der Waals surface area contributed by atoms with Crippen molar-refractivity contribution in [1.82, 2.24) is 10.2 Å². The summed E-state index contributed by atoms with van der Waals surface area (Å²) in [5, 5.41) is 2.86. The lowest BCUT2D eigenvalue weighted by atomic mass is 9.99. The van der Waals surface area contributed by atoms with Crippen LogP contribution in [0.1, 0.15) is 90.9 Å². The topological polar surface area (TPSA) is 92.5 Å². The van der Waals surface area contributed by atoms with Crippen molar-refractivity contribution in [3.05, 3.63) is 0 Å². The van der Waals surface area contributed by atoms with Gasteiger partial charge in [0.2, 0.25) is 17.7 Å². The van der Waals surface area contributed by atoms with Crippen molar-refractivity contribution in [3.63, 3.8) is 0 Å². The molecule has 2 atom stereocenters. The fourth-order valence-electron chi connectivity index (χ4n) is 3.66. The van der Waals surface area contributed by atoms with Gasteiger partial charge in [-0.3, -0.25) is 14.4 Å². The lowest BCUT2D eigenvalue weighted by Gasteiger charge is -2.33. The van der Waals surface area contributed by atoms with Crippen LogP contribution in [0.3, 0.4) is 0 Å². The highest BCUT2D eigenvalue weighted by atomic mass is 16.2. The number of nitrogens with two attached hydrogens (primary N) is 1. The Balaban J connectivity index is 2.42. The van der Waals surface area contributed by atoms with Gasteiger partial charge in [0.25, 0.3) is 0 Å². The third-order valence-corrected chi connectivity index (χ3v) is 5.29. The van der Waals surface area contributed by atoms with E-state index in [1.165, 1.54) is 25.7 Å². The molecule has 3 amide bonds. The van der Waals surface area contributed by atoms with Crippen LogP contribution in [0.25, 0.3) is 0 Å². The molecule has 0 unspecified atom stereocenters. The number of primary amides is 1. The number of hydrogen-bond acceptors (Lipinski definition) is 3. The molecule has 27 heavy (non-hydrogen) atoms. The molecule has 0 aromatic carbocycles.